The molecule has 0 saturated carbocycles. The van der Waals surface area contributed by atoms with Crippen molar-refractivity contribution in [2.24, 2.45) is 0 Å². The molecule has 1 aliphatic rings. The molecule has 2 amide bonds. The zero-order valence-corrected chi connectivity index (χ0v) is 16.0. The summed E-state index contributed by atoms with van der Waals surface area (Å²) in [7, 11) is 0. The maximum atomic E-state index is 11.7. The van der Waals surface area contributed by atoms with E-state index in [2.05, 4.69) is 15.5 Å². The molecule has 1 aliphatic heterocycles. The summed E-state index contributed by atoms with van der Waals surface area (Å²) < 4.78 is 11.4. The van der Waals surface area contributed by atoms with Crippen LogP contribution < -0.4 is 15.0 Å². The first-order valence-corrected chi connectivity index (χ1v) is 10.2. The average molecular weight is 396 g/mol. The Kier molecular flexibility index (Phi) is 5.77. The lowest BCUT2D eigenvalue weighted by molar-refractivity contribution is 0.252. The molecule has 1 saturated heterocycles. The molecular weight excluding hydrogens is 376 g/mol. The van der Waals surface area contributed by atoms with E-state index in [4.69, 9.17) is 9.15 Å². The van der Waals surface area contributed by atoms with Gasteiger partial charge in [0, 0.05) is 30.1 Å². The minimum absolute atomic E-state index is 0.0684. The number of nitrogens with zero attached hydrogens (tertiary/aromatic N) is 3. The van der Waals surface area contributed by atoms with Gasteiger partial charge in [-0.15, -0.1) is 22.0 Å². The zero-order valence-electron chi connectivity index (χ0n) is 15.2. The normalized spacial score (nSPS) is 13.6. The molecule has 2 heterocycles. The number of benzene rings is 2. The van der Waals surface area contributed by atoms with Crippen LogP contribution in [0.3, 0.4) is 0 Å². The molecule has 2 aromatic carbocycles. The summed E-state index contributed by atoms with van der Waals surface area (Å²) in [4.78, 5) is 13.4. The number of amides is 2. The number of rotatable bonds is 8. The Morgan fingerprint density at radius 3 is 2.68 bits per heavy atom. The molecule has 0 radical (unpaired) electrons. The second-order valence-electron chi connectivity index (χ2n) is 6.15. The Morgan fingerprint density at radius 1 is 1.11 bits per heavy atom. The lowest BCUT2D eigenvalue weighted by Crippen LogP contribution is -2.27. The minimum Gasteiger partial charge on any atom is -0.493 e. The third-order valence-electron chi connectivity index (χ3n) is 4.21. The van der Waals surface area contributed by atoms with Crippen molar-refractivity contribution in [2.45, 2.75) is 5.75 Å². The number of thioether (sulfide) groups is 1. The predicted molar refractivity (Wildman–Crippen MR) is 109 cm³/mol. The molecule has 0 bridgehead atoms. The third kappa shape index (κ3) is 4.45. The fraction of sp³-hybridized carbons (Fsp3) is 0.250. The van der Waals surface area contributed by atoms with Crippen LogP contribution in [0, 0.1) is 0 Å². The summed E-state index contributed by atoms with van der Waals surface area (Å²) in [6.07, 6.45) is 0. The molecule has 0 unspecified atom stereocenters. The highest BCUT2D eigenvalue weighted by Crippen LogP contribution is 2.24. The molecule has 0 spiro atoms. The van der Waals surface area contributed by atoms with Gasteiger partial charge < -0.3 is 14.5 Å². The van der Waals surface area contributed by atoms with Crippen LogP contribution in [0.1, 0.15) is 5.89 Å². The summed E-state index contributed by atoms with van der Waals surface area (Å²) in [5.41, 5.74) is 1.69. The van der Waals surface area contributed by atoms with Gasteiger partial charge in [0.2, 0.25) is 11.8 Å². The van der Waals surface area contributed by atoms with Crippen molar-refractivity contribution in [3.63, 3.8) is 0 Å². The minimum atomic E-state index is -0.0684. The number of carbonyl (C=O) groups excluding carboxylic acids is 1. The summed E-state index contributed by atoms with van der Waals surface area (Å²) >= 11 is 1.68. The molecule has 7 nitrogen and oxygen atoms in total. The maximum absolute atomic E-state index is 11.7. The molecule has 4 rings (SSSR count). The number of para-hydroxylation sites is 1. The monoisotopic (exact) mass is 396 g/mol. The lowest BCUT2D eigenvalue weighted by Gasteiger charge is -2.13. The lowest BCUT2D eigenvalue weighted by atomic mass is 10.2. The Labute approximate surface area is 167 Å². The van der Waals surface area contributed by atoms with Gasteiger partial charge in [-0.3, -0.25) is 4.90 Å². The molecule has 3 aromatic rings. The molecule has 1 N–H and O–H groups in total. The van der Waals surface area contributed by atoms with Crippen LogP contribution >= 0.6 is 11.8 Å². The van der Waals surface area contributed by atoms with Crippen LogP contribution in [0.25, 0.3) is 11.5 Å². The number of hydrogen-bond acceptors (Lipinski definition) is 6. The SMILES string of the molecule is O=C1NCCN1c1ccc(-c2nnc(CSCCOc3ccccc3)o2)cc1. The largest absolute Gasteiger partial charge is 0.493 e. The van der Waals surface area contributed by atoms with Crippen molar-refractivity contribution in [1.29, 1.82) is 0 Å². The van der Waals surface area contributed by atoms with Gasteiger partial charge in [0.15, 0.2) is 0 Å². The fourth-order valence-corrected chi connectivity index (χ4v) is 3.46. The molecule has 144 valence electrons. The van der Waals surface area contributed by atoms with Gasteiger partial charge >= 0.3 is 6.03 Å². The smallest absolute Gasteiger partial charge is 0.321 e. The predicted octanol–water partition coefficient (Wildman–Crippen LogP) is 3.58. The number of carbonyl (C=O) groups is 1. The van der Waals surface area contributed by atoms with Gasteiger partial charge in [-0.25, -0.2) is 4.79 Å². The highest BCUT2D eigenvalue weighted by molar-refractivity contribution is 7.98. The molecule has 1 fully saturated rings. The number of anilines is 1. The van der Waals surface area contributed by atoms with Crippen LogP contribution in [0.5, 0.6) is 5.75 Å². The van der Waals surface area contributed by atoms with Crippen LogP contribution in [-0.4, -0.2) is 41.7 Å². The summed E-state index contributed by atoms with van der Waals surface area (Å²) in [5.74, 6) is 3.41. The second-order valence-corrected chi connectivity index (χ2v) is 7.25. The Morgan fingerprint density at radius 2 is 1.93 bits per heavy atom. The number of aromatic nitrogens is 2. The number of hydrogen-bond donors (Lipinski definition) is 1. The molecule has 1 aromatic heterocycles. The van der Waals surface area contributed by atoms with Crippen molar-refractivity contribution in [1.82, 2.24) is 15.5 Å². The topological polar surface area (TPSA) is 80.5 Å². The van der Waals surface area contributed by atoms with Crippen LogP contribution in [0.2, 0.25) is 0 Å². The van der Waals surface area contributed by atoms with E-state index < -0.39 is 0 Å². The van der Waals surface area contributed by atoms with Gasteiger partial charge in [-0.05, 0) is 36.4 Å². The number of urea groups is 1. The highest BCUT2D eigenvalue weighted by atomic mass is 32.2. The molecule has 28 heavy (non-hydrogen) atoms. The molecule has 0 aliphatic carbocycles. The number of nitrogens with one attached hydrogen (secondary N) is 1. The van der Waals surface area contributed by atoms with E-state index in [1.165, 1.54) is 0 Å². The van der Waals surface area contributed by atoms with E-state index in [0.29, 0.717) is 37.2 Å². The highest BCUT2D eigenvalue weighted by Gasteiger charge is 2.21. The molecular formula is C20H20N4O3S. The van der Waals surface area contributed by atoms with E-state index >= 15 is 0 Å². The van der Waals surface area contributed by atoms with E-state index in [-0.39, 0.29) is 6.03 Å². The van der Waals surface area contributed by atoms with E-state index in [0.717, 1.165) is 22.8 Å². The van der Waals surface area contributed by atoms with Gasteiger partial charge in [0.05, 0.1) is 12.4 Å². The first-order chi connectivity index (χ1) is 13.8. The first kappa shape index (κ1) is 18.4. The van der Waals surface area contributed by atoms with Gasteiger partial charge in [0.25, 0.3) is 0 Å². The molecule has 0 atom stereocenters. The molecule has 8 heteroatoms. The van der Waals surface area contributed by atoms with Gasteiger partial charge in [0.1, 0.15) is 5.75 Å². The van der Waals surface area contributed by atoms with Crippen molar-refractivity contribution in [2.75, 3.05) is 30.3 Å². The zero-order chi connectivity index (χ0) is 19.2. The van der Waals surface area contributed by atoms with Crippen LogP contribution in [0.15, 0.2) is 59.0 Å². The second kappa shape index (κ2) is 8.79. The maximum Gasteiger partial charge on any atom is 0.321 e. The van der Waals surface area contributed by atoms with Crippen molar-refractivity contribution in [3.05, 3.63) is 60.5 Å². The van der Waals surface area contributed by atoms with Gasteiger partial charge in [-0.1, -0.05) is 18.2 Å². The summed E-state index contributed by atoms with van der Waals surface area (Å²) in [6.45, 7) is 1.97. The third-order valence-corrected chi connectivity index (χ3v) is 5.12. The summed E-state index contributed by atoms with van der Waals surface area (Å²) in [5, 5.41) is 11.0. The van der Waals surface area contributed by atoms with Gasteiger partial charge in [-0.2, -0.15) is 0 Å². The van der Waals surface area contributed by atoms with Crippen molar-refractivity contribution < 1.29 is 13.9 Å². The fourth-order valence-electron chi connectivity index (χ4n) is 2.83. The standard InChI is InChI=1S/C20H20N4O3S/c25-20-21-10-11-24(20)16-8-6-15(7-9-16)19-23-22-18(27-19)14-28-13-12-26-17-4-2-1-3-5-17/h1-9H,10-14H2,(H,21,25). The van der Waals surface area contributed by atoms with Crippen molar-refractivity contribution >= 4 is 23.5 Å². The Hall–Kier alpha value is -3.00. The van der Waals surface area contributed by atoms with E-state index in [1.807, 2.05) is 54.6 Å². The van der Waals surface area contributed by atoms with E-state index in [9.17, 15) is 4.79 Å². The first-order valence-electron chi connectivity index (χ1n) is 9.03. The Balaban J connectivity index is 1.26. The summed E-state index contributed by atoms with van der Waals surface area (Å²) in [6, 6.07) is 17.2. The number of ether oxygens (including phenoxy) is 1. The van der Waals surface area contributed by atoms with Crippen LogP contribution in [-0.2, 0) is 5.75 Å². The van der Waals surface area contributed by atoms with Crippen LogP contribution in [0.4, 0.5) is 10.5 Å². The Bertz CT molecular complexity index is 915. The van der Waals surface area contributed by atoms with Crippen molar-refractivity contribution in [3.8, 4) is 17.2 Å². The van der Waals surface area contributed by atoms with E-state index in [1.54, 1.807) is 16.7 Å². The quantitative estimate of drug-likeness (QED) is 0.586. The average Bonchev–Trinajstić information content (AvgIpc) is 3.38.